The minimum atomic E-state index is -4.56. The number of hydrogen-bond acceptors (Lipinski definition) is 2. The van der Waals surface area contributed by atoms with Gasteiger partial charge in [0.2, 0.25) is 0 Å². The van der Waals surface area contributed by atoms with Gasteiger partial charge >= 0.3 is 6.18 Å². The maximum absolute atomic E-state index is 12.5. The lowest BCUT2D eigenvalue weighted by atomic mass is 10.2. The Morgan fingerprint density at radius 3 is 2.00 bits per heavy atom. The van der Waals surface area contributed by atoms with Gasteiger partial charge in [-0.1, -0.05) is 23.2 Å². The molecule has 10 heteroatoms. The summed E-state index contributed by atoms with van der Waals surface area (Å²) in [6, 6.07) is 1.40. The number of benzene rings is 1. The molecule has 0 fully saturated rings. The van der Waals surface area contributed by atoms with Crippen molar-refractivity contribution in [1.82, 2.24) is 10.6 Å². The molecule has 0 saturated carbocycles. The van der Waals surface area contributed by atoms with E-state index in [9.17, 15) is 13.2 Å². The molecule has 0 aliphatic heterocycles. The van der Waals surface area contributed by atoms with Crippen LogP contribution in [0.1, 0.15) is 5.56 Å². The van der Waals surface area contributed by atoms with E-state index in [2.05, 4.69) is 16.0 Å². The van der Waals surface area contributed by atoms with E-state index in [4.69, 9.17) is 34.0 Å². The van der Waals surface area contributed by atoms with Gasteiger partial charge in [0.1, 0.15) is 0 Å². The Labute approximate surface area is 122 Å². The third kappa shape index (κ3) is 4.17. The summed E-state index contributed by atoms with van der Waals surface area (Å²) in [6.07, 6.45) is -4.56. The van der Waals surface area contributed by atoms with E-state index < -0.39 is 11.7 Å². The fourth-order valence-electron chi connectivity index (χ4n) is 1.20. The summed E-state index contributed by atoms with van der Waals surface area (Å²) in [6.45, 7) is 0. The highest BCUT2D eigenvalue weighted by Gasteiger charge is 2.32. The maximum Gasteiger partial charge on any atom is 0.416 e. The zero-order valence-electron chi connectivity index (χ0n) is 10.0. The summed E-state index contributed by atoms with van der Waals surface area (Å²) in [5.74, 6) is -0.547. The van der Waals surface area contributed by atoms with E-state index >= 15 is 0 Å². The molecule has 0 aliphatic rings. The molecule has 0 unspecified atom stereocenters. The summed E-state index contributed by atoms with van der Waals surface area (Å²) >= 11 is 11.4. The number of nitrogens with one attached hydrogen (secondary N) is 5. The normalized spacial score (nSPS) is 10.9. The number of anilines is 1. The van der Waals surface area contributed by atoms with Crippen LogP contribution in [-0.4, -0.2) is 19.0 Å². The molecule has 20 heavy (non-hydrogen) atoms. The van der Waals surface area contributed by atoms with E-state index in [0.29, 0.717) is 12.1 Å². The van der Waals surface area contributed by atoms with Crippen LogP contribution in [0.3, 0.4) is 0 Å². The van der Waals surface area contributed by atoms with Gasteiger partial charge in [-0.3, -0.25) is 16.1 Å². The topological polar surface area (TPSA) is 83.8 Å². The molecule has 0 bridgehead atoms. The predicted molar refractivity (Wildman–Crippen MR) is 72.7 cm³/mol. The molecule has 1 rings (SSSR count). The predicted octanol–water partition coefficient (Wildman–Crippen LogP) is 3.10. The molecule has 5 nitrogen and oxygen atoms in total. The first-order valence-corrected chi connectivity index (χ1v) is 5.86. The highest BCUT2D eigenvalue weighted by atomic mass is 35.5. The Morgan fingerprint density at radius 1 is 1.10 bits per heavy atom. The van der Waals surface area contributed by atoms with Crippen molar-refractivity contribution in [2.24, 2.45) is 0 Å². The number of hydrogen-bond donors (Lipinski definition) is 5. The van der Waals surface area contributed by atoms with Crippen molar-refractivity contribution in [3.8, 4) is 0 Å². The first-order chi connectivity index (χ1) is 9.15. The molecule has 0 amide bonds. The maximum atomic E-state index is 12.5. The van der Waals surface area contributed by atoms with Gasteiger partial charge < -0.3 is 10.6 Å². The van der Waals surface area contributed by atoms with E-state index in [1.807, 2.05) is 0 Å². The molecule has 5 N–H and O–H groups in total. The van der Waals surface area contributed by atoms with Crippen LogP contribution in [0.2, 0.25) is 10.0 Å². The van der Waals surface area contributed by atoms with E-state index in [1.165, 1.54) is 7.05 Å². The Morgan fingerprint density at radius 2 is 1.60 bits per heavy atom. The van der Waals surface area contributed by atoms with Crippen molar-refractivity contribution in [2.45, 2.75) is 6.18 Å². The monoisotopic (exact) mass is 327 g/mol. The lowest BCUT2D eigenvalue weighted by Crippen LogP contribution is -2.41. The van der Waals surface area contributed by atoms with E-state index in [0.717, 1.165) is 0 Å². The number of alkyl halides is 3. The van der Waals surface area contributed by atoms with E-state index in [1.54, 1.807) is 0 Å². The summed E-state index contributed by atoms with van der Waals surface area (Å²) in [4.78, 5) is 0. The highest BCUT2D eigenvalue weighted by molar-refractivity contribution is 6.40. The molecular weight excluding hydrogens is 318 g/mol. The van der Waals surface area contributed by atoms with Crippen LogP contribution in [0.5, 0.6) is 0 Å². The van der Waals surface area contributed by atoms with E-state index in [-0.39, 0.29) is 27.7 Å². The van der Waals surface area contributed by atoms with Crippen molar-refractivity contribution in [3.05, 3.63) is 27.7 Å². The van der Waals surface area contributed by atoms with Crippen molar-refractivity contribution in [1.29, 1.82) is 10.8 Å². The summed E-state index contributed by atoms with van der Waals surface area (Å²) in [5.41, 5.74) is -1.04. The van der Waals surface area contributed by atoms with Crippen LogP contribution in [0.4, 0.5) is 18.9 Å². The second-order valence-electron chi connectivity index (χ2n) is 3.56. The van der Waals surface area contributed by atoms with Gasteiger partial charge in [0, 0.05) is 7.05 Å². The third-order valence-electron chi connectivity index (χ3n) is 2.12. The molecule has 1 aromatic rings. The van der Waals surface area contributed by atoms with Gasteiger partial charge in [0.25, 0.3) is 0 Å². The van der Waals surface area contributed by atoms with Crippen LogP contribution in [-0.2, 0) is 6.18 Å². The van der Waals surface area contributed by atoms with Crippen LogP contribution in [0.25, 0.3) is 0 Å². The van der Waals surface area contributed by atoms with Gasteiger partial charge in [-0.25, -0.2) is 0 Å². The van der Waals surface area contributed by atoms with Gasteiger partial charge in [-0.2, -0.15) is 13.2 Å². The first-order valence-electron chi connectivity index (χ1n) is 5.10. The lowest BCUT2D eigenvalue weighted by Gasteiger charge is -2.15. The fraction of sp³-hybridized carbons (Fsp3) is 0.200. The van der Waals surface area contributed by atoms with Gasteiger partial charge in [0.15, 0.2) is 11.9 Å². The number of halogens is 5. The van der Waals surface area contributed by atoms with Crippen LogP contribution < -0.4 is 16.0 Å². The van der Waals surface area contributed by atoms with Crippen molar-refractivity contribution >= 4 is 40.8 Å². The summed E-state index contributed by atoms with van der Waals surface area (Å²) in [5, 5.41) is 21.2. The third-order valence-corrected chi connectivity index (χ3v) is 2.72. The second kappa shape index (κ2) is 6.19. The fourth-order valence-corrected chi connectivity index (χ4v) is 1.78. The van der Waals surface area contributed by atoms with Gasteiger partial charge in [-0.15, -0.1) is 0 Å². The smallest absolute Gasteiger partial charge is 0.359 e. The molecule has 0 radical (unpaired) electrons. The quantitative estimate of drug-likeness (QED) is 0.406. The van der Waals surface area contributed by atoms with Gasteiger partial charge in [0.05, 0.1) is 21.3 Å². The molecule has 0 spiro atoms. The molecule has 0 saturated heterocycles. The Hall–Kier alpha value is -1.67. The van der Waals surface area contributed by atoms with Crippen molar-refractivity contribution < 1.29 is 13.2 Å². The Bertz CT molecular complexity index is 521. The largest absolute Gasteiger partial charge is 0.416 e. The standard InChI is InChI=1S/C10H10Cl2F3N5/c1-18-8(16)20-9(17)19-7-5(11)2-4(3-6(7)12)10(13,14)15/h2-3H,1H3,(H5,16,17,18,19,20). The minimum absolute atomic E-state index is 0.0530. The molecule has 0 aromatic heterocycles. The van der Waals surface area contributed by atoms with Crippen LogP contribution in [0, 0.1) is 10.8 Å². The molecule has 1 aromatic carbocycles. The number of guanidine groups is 2. The average Bonchev–Trinajstić information content (AvgIpc) is 2.32. The highest BCUT2D eigenvalue weighted by Crippen LogP contribution is 2.38. The van der Waals surface area contributed by atoms with Crippen LogP contribution in [0.15, 0.2) is 12.1 Å². The molecule has 0 atom stereocenters. The minimum Gasteiger partial charge on any atom is -0.359 e. The number of rotatable bonds is 1. The lowest BCUT2D eigenvalue weighted by molar-refractivity contribution is -0.137. The zero-order chi connectivity index (χ0) is 15.5. The molecule has 110 valence electrons. The zero-order valence-corrected chi connectivity index (χ0v) is 11.6. The average molecular weight is 328 g/mol. The van der Waals surface area contributed by atoms with Gasteiger partial charge in [-0.05, 0) is 12.1 Å². The SMILES string of the molecule is CNC(=N)NC(=N)Nc1c(Cl)cc(C(F)(F)F)cc1Cl. The summed E-state index contributed by atoms with van der Waals surface area (Å²) < 4.78 is 37.6. The Balaban J connectivity index is 2.98. The van der Waals surface area contributed by atoms with Crippen molar-refractivity contribution in [2.75, 3.05) is 12.4 Å². The summed E-state index contributed by atoms with van der Waals surface area (Å²) in [7, 11) is 1.46. The molecule has 0 aliphatic carbocycles. The first kappa shape index (κ1) is 16.4. The van der Waals surface area contributed by atoms with Crippen LogP contribution >= 0.6 is 23.2 Å². The molecule has 0 heterocycles. The molecular formula is C10H10Cl2F3N5. The second-order valence-corrected chi connectivity index (χ2v) is 4.38. The Kier molecular flexibility index (Phi) is 5.07. The van der Waals surface area contributed by atoms with Crippen molar-refractivity contribution in [3.63, 3.8) is 0 Å².